The highest BCUT2D eigenvalue weighted by atomic mass is 19.1. The molecule has 1 heterocycles. The van der Waals surface area contributed by atoms with Gasteiger partial charge in [-0.25, -0.2) is 4.39 Å². The molecule has 0 spiro atoms. The fraction of sp³-hybridized carbons (Fsp3) is 0.381. The summed E-state index contributed by atoms with van der Waals surface area (Å²) in [5.41, 5.74) is 2.55. The number of nitrogens with zero attached hydrogens (tertiary/aromatic N) is 1. The van der Waals surface area contributed by atoms with E-state index in [0.717, 1.165) is 19.5 Å². The average molecular weight is 340 g/mol. The second kappa shape index (κ2) is 8.65. The van der Waals surface area contributed by atoms with Crippen molar-refractivity contribution in [2.24, 2.45) is 0 Å². The lowest BCUT2D eigenvalue weighted by Crippen LogP contribution is -2.26. The van der Waals surface area contributed by atoms with E-state index in [2.05, 4.69) is 34.5 Å². The van der Waals surface area contributed by atoms with Crippen LogP contribution in [0.4, 0.5) is 10.1 Å². The summed E-state index contributed by atoms with van der Waals surface area (Å²) >= 11 is 0. The molecule has 0 atom stereocenters. The van der Waals surface area contributed by atoms with Crippen LogP contribution in [0, 0.1) is 5.82 Å². The van der Waals surface area contributed by atoms with Gasteiger partial charge in [0.25, 0.3) is 5.91 Å². The Hall–Kier alpha value is -2.36. The van der Waals surface area contributed by atoms with E-state index in [4.69, 9.17) is 0 Å². The number of anilines is 1. The summed E-state index contributed by atoms with van der Waals surface area (Å²) in [5, 5.41) is 2.79. The third-order valence-electron chi connectivity index (χ3n) is 4.73. The van der Waals surface area contributed by atoms with E-state index < -0.39 is 5.82 Å². The maximum atomic E-state index is 13.6. The predicted octanol–water partition coefficient (Wildman–Crippen LogP) is 4.18. The van der Waals surface area contributed by atoms with Crippen LogP contribution in [0.15, 0.2) is 48.5 Å². The van der Waals surface area contributed by atoms with Gasteiger partial charge in [-0.2, -0.15) is 0 Å². The second-order valence-electron chi connectivity index (χ2n) is 6.55. The quantitative estimate of drug-likeness (QED) is 0.886. The predicted molar refractivity (Wildman–Crippen MR) is 99.6 cm³/mol. The van der Waals surface area contributed by atoms with Crippen LogP contribution in [-0.4, -0.2) is 25.5 Å². The molecule has 1 N–H and O–H groups in total. The number of rotatable bonds is 5. The fourth-order valence-electron chi connectivity index (χ4n) is 3.26. The Labute approximate surface area is 148 Å². The van der Waals surface area contributed by atoms with Crippen molar-refractivity contribution in [2.75, 3.05) is 24.5 Å². The number of nitrogens with one attached hydrogen (secondary N) is 1. The normalized spacial score (nSPS) is 14.8. The van der Waals surface area contributed by atoms with Gasteiger partial charge in [-0.1, -0.05) is 37.1 Å². The Morgan fingerprint density at radius 2 is 1.64 bits per heavy atom. The summed E-state index contributed by atoms with van der Waals surface area (Å²) in [6, 6.07) is 14.6. The third-order valence-corrected chi connectivity index (χ3v) is 4.73. The Kier molecular flexibility index (Phi) is 6.04. The van der Waals surface area contributed by atoms with Gasteiger partial charge in [-0.15, -0.1) is 0 Å². The minimum Gasteiger partial charge on any atom is -0.372 e. The van der Waals surface area contributed by atoms with E-state index >= 15 is 0 Å². The fourth-order valence-corrected chi connectivity index (χ4v) is 3.26. The molecule has 2 aromatic rings. The number of benzene rings is 2. The molecule has 1 aliphatic rings. The van der Waals surface area contributed by atoms with Crippen LogP contribution in [0.5, 0.6) is 0 Å². The first-order valence-electron chi connectivity index (χ1n) is 9.10. The van der Waals surface area contributed by atoms with Crippen LogP contribution >= 0.6 is 0 Å². The van der Waals surface area contributed by atoms with Crippen LogP contribution in [0.25, 0.3) is 0 Å². The molecule has 0 radical (unpaired) electrons. The van der Waals surface area contributed by atoms with E-state index in [-0.39, 0.29) is 11.5 Å². The van der Waals surface area contributed by atoms with Crippen LogP contribution in [0.2, 0.25) is 0 Å². The Balaban J connectivity index is 1.50. The molecule has 25 heavy (non-hydrogen) atoms. The van der Waals surface area contributed by atoms with Gasteiger partial charge in [0, 0.05) is 25.3 Å². The van der Waals surface area contributed by atoms with Gasteiger partial charge in [0.05, 0.1) is 5.56 Å². The first-order chi connectivity index (χ1) is 12.2. The second-order valence-corrected chi connectivity index (χ2v) is 6.55. The van der Waals surface area contributed by atoms with Crippen molar-refractivity contribution in [3.63, 3.8) is 0 Å². The van der Waals surface area contributed by atoms with Crippen LogP contribution in [0.1, 0.15) is 41.6 Å². The van der Waals surface area contributed by atoms with Crippen molar-refractivity contribution in [3.8, 4) is 0 Å². The zero-order valence-corrected chi connectivity index (χ0v) is 14.5. The molecule has 132 valence electrons. The molecule has 1 aliphatic heterocycles. The lowest BCUT2D eigenvalue weighted by atomic mass is 10.1. The van der Waals surface area contributed by atoms with E-state index in [1.807, 2.05) is 0 Å². The third kappa shape index (κ3) is 4.81. The van der Waals surface area contributed by atoms with E-state index in [1.54, 1.807) is 12.1 Å². The van der Waals surface area contributed by atoms with Crippen molar-refractivity contribution >= 4 is 11.6 Å². The maximum absolute atomic E-state index is 13.6. The lowest BCUT2D eigenvalue weighted by molar-refractivity contribution is 0.0950. The highest BCUT2D eigenvalue weighted by Gasteiger charge is 2.11. The molecule has 1 fully saturated rings. The first-order valence-corrected chi connectivity index (χ1v) is 9.10. The maximum Gasteiger partial charge on any atom is 0.254 e. The molecule has 1 saturated heterocycles. The van der Waals surface area contributed by atoms with Crippen molar-refractivity contribution in [3.05, 3.63) is 65.5 Å². The summed E-state index contributed by atoms with van der Waals surface area (Å²) in [7, 11) is 0. The minimum atomic E-state index is -0.484. The lowest BCUT2D eigenvalue weighted by Gasteiger charge is -2.22. The zero-order chi connectivity index (χ0) is 17.5. The molecule has 0 saturated carbocycles. The van der Waals surface area contributed by atoms with Gasteiger partial charge >= 0.3 is 0 Å². The van der Waals surface area contributed by atoms with Crippen LogP contribution in [-0.2, 0) is 6.42 Å². The minimum absolute atomic E-state index is 0.0963. The molecular formula is C21H25FN2O. The summed E-state index contributed by atoms with van der Waals surface area (Å²) < 4.78 is 13.6. The first kappa shape index (κ1) is 17.5. The number of hydrogen-bond donors (Lipinski definition) is 1. The average Bonchev–Trinajstić information content (AvgIpc) is 2.92. The summed E-state index contributed by atoms with van der Waals surface area (Å²) in [5.74, 6) is -0.846. The molecule has 0 unspecified atom stereocenters. The number of carbonyl (C=O) groups excluding carboxylic acids is 1. The standard InChI is InChI=1S/C21H25FN2O/c22-20-8-4-3-7-19(20)21(25)23-14-13-17-9-11-18(12-10-17)24-15-5-1-2-6-16-24/h3-4,7-12H,1-2,5-6,13-16H2,(H,23,25). The molecular weight excluding hydrogens is 315 g/mol. The number of halogens is 1. The molecule has 3 nitrogen and oxygen atoms in total. The molecule has 0 bridgehead atoms. The molecule has 0 aliphatic carbocycles. The molecule has 0 aromatic heterocycles. The van der Waals surface area contributed by atoms with Gasteiger partial charge in [0.2, 0.25) is 0 Å². The Bertz CT molecular complexity index is 691. The zero-order valence-electron chi connectivity index (χ0n) is 14.5. The number of hydrogen-bond acceptors (Lipinski definition) is 2. The van der Waals surface area contributed by atoms with Crippen LogP contribution in [0.3, 0.4) is 0 Å². The van der Waals surface area contributed by atoms with Crippen molar-refractivity contribution in [1.29, 1.82) is 0 Å². The smallest absolute Gasteiger partial charge is 0.254 e. The molecule has 4 heteroatoms. The Morgan fingerprint density at radius 1 is 0.960 bits per heavy atom. The van der Waals surface area contributed by atoms with Crippen molar-refractivity contribution in [1.82, 2.24) is 5.32 Å². The highest BCUT2D eigenvalue weighted by molar-refractivity contribution is 5.94. The van der Waals surface area contributed by atoms with Gasteiger partial charge in [0.15, 0.2) is 0 Å². The van der Waals surface area contributed by atoms with E-state index in [1.165, 1.54) is 49.1 Å². The van der Waals surface area contributed by atoms with Crippen molar-refractivity contribution < 1.29 is 9.18 Å². The summed E-state index contributed by atoms with van der Waals surface area (Å²) in [4.78, 5) is 14.4. The monoisotopic (exact) mass is 340 g/mol. The highest BCUT2D eigenvalue weighted by Crippen LogP contribution is 2.20. The molecule has 1 amide bonds. The Morgan fingerprint density at radius 3 is 2.32 bits per heavy atom. The topological polar surface area (TPSA) is 32.3 Å². The van der Waals surface area contributed by atoms with Gasteiger partial charge < -0.3 is 10.2 Å². The molecule has 2 aromatic carbocycles. The molecule has 3 rings (SSSR count). The van der Waals surface area contributed by atoms with E-state index in [9.17, 15) is 9.18 Å². The van der Waals surface area contributed by atoms with Crippen molar-refractivity contribution in [2.45, 2.75) is 32.1 Å². The number of carbonyl (C=O) groups is 1. The van der Waals surface area contributed by atoms with E-state index in [0.29, 0.717) is 6.54 Å². The largest absolute Gasteiger partial charge is 0.372 e. The van der Waals surface area contributed by atoms with Gasteiger partial charge in [-0.05, 0) is 49.1 Å². The van der Waals surface area contributed by atoms with Gasteiger partial charge in [-0.3, -0.25) is 4.79 Å². The van der Waals surface area contributed by atoms with Gasteiger partial charge in [0.1, 0.15) is 5.82 Å². The summed E-state index contributed by atoms with van der Waals surface area (Å²) in [6.07, 6.45) is 5.93. The SMILES string of the molecule is O=C(NCCc1ccc(N2CCCCCC2)cc1)c1ccccc1F. The van der Waals surface area contributed by atoms with Crippen LogP contribution < -0.4 is 10.2 Å². The number of amides is 1. The summed E-state index contributed by atoms with van der Waals surface area (Å²) in [6.45, 7) is 2.77.